The molecule has 0 bridgehead atoms. The first-order valence-electron chi connectivity index (χ1n) is 9.09. The molecule has 8 nitrogen and oxygen atoms in total. The van der Waals surface area contributed by atoms with Crippen LogP contribution in [0, 0.1) is 5.82 Å². The molecule has 1 aromatic carbocycles. The molecule has 2 heterocycles. The minimum absolute atomic E-state index is 0.00636. The van der Waals surface area contributed by atoms with E-state index in [0.29, 0.717) is 18.8 Å². The fourth-order valence-electron chi connectivity index (χ4n) is 3.73. The first-order valence-corrected chi connectivity index (χ1v) is 10.6. The van der Waals surface area contributed by atoms with Gasteiger partial charge in [0.2, 0.25) is 16.0 Å². The van der Waals surface area contributed by atoms with Crippen molar-refractivity contribution in [3.8, 4) is 0 Å². The van der Waals surface area contributed by atoms with Crippen LogP contribution in [-0.2, 0) is 14.8 Å². The molecule has 3 N–H and O–H groups in total. The SMILES string of the molecule is C[C@@H]1CN(c2nc(Nc3ccc(S(N)(=O)=O)cc3)ncc2F)CC2(CCC2)O1. The summed E-state index contributed by atoms with van der Waals surface area (Å²) in [6.45, 7) is 3.14. The second kappa shape index (κ2) is 6.94. The molecule has 0 unspecified atom stereocenters. The molecule has 1 aromatic heterocycles. The summed E-state index contributed by atoms with van der Waals surface area (Å²) in [6, 6.07) is 5.86. The van der Waals surface area contributed by atoms with Gasteiger partial charge in [-0.05, 0) is 50.5 Å². The fourth-order valence-corrected chi connectivity index (χ4v) is 4.25. The van der Waals surface area contributed by atoms with Crippen LogP contribution in [0.4, 0.5) is 21.8 Å². The molecule has 2 aromatic rings. The predicted molar refractivity (Wildman–Crippen MR) is 102 cm³/mol. The zero-order valence-electron chi connectivity index (χ0n) is 15.4. The summed E-state index contributed by atoms with van der Waals surface area (Å²) in [7, 11) is -3.76. The van der Waals surface area contributed by atoms with Crippen molar-refractivity contribution in [2.24, 2.45) is 5.14 Å². The van der Waals surface area contributed by atoms with Gasteiger partial charge in [-0.2, -0.15) is 4.98 Å². The average molecular weight is 407 g/mol. The second-order valence-electron chi connectivity index (χ2n) is 7.41. The number of benzene rings is 1. The molecule has 2 aliphatic rings. The Morgan fingerprint density at radius 2 is 2.04 bits per heavy atom. The monoisotopic (exact) mass is 407 g/mol. The van der Waals surface area contributed by atoms with Gasteiger partial charge in [-0.25, -0.2) is 22.9 Å². The summed E-state index contributed by atoms with van der Waals surface area (Å²) in [5.74, 6) is -0.0275. The summed E-state index contributed by atoms with van der Waals surface area (Å²) in [4.78, 5) is 10.3. The highest BCUT2D eigenvalue weighted by Gasteiger charge is 2.45. The van der Waals surface area contributed by atoms with Crippen molar-refractivity contribution in [3.63, 3.8) is 0 Å². The third kappa shape index (κ3) is 3.80. The molecule has 1 aliphatic carbocycles. The highest BCUT2D eigenvalue weighted by Crippen LogP contribution is 2.41. The normalized spacial score (nSPS) is 21.4. The van der Waals surface area contributed by atoms with Gasteiger partial charge in [0.25, 0.3) is 0 Å². The Labute approximate surface area is 163 Å². The van der Waals surface area contributed by atoms with Gasteiger partial charge in [0.05, 0.1) is 22.8 Å². The standard InChI is InChI=1S/C18H22FN5O3S/c1-12-10-24(11-18(27-12)7-2-8-18)16-15(19)9-21-17(23-16)22-13-3-5-14(6-4-13)28(20,25)26/h3-6,9,12H,2,7-8,10-11H2,1H3,(H2,20,25,26)(H,21,22,23)/t12-/m1/s1. The minimum atomic E-state index is -3.76. The maximum Gasteiger partial charge on any atom is 0.238 e. The Bertz CT molecular complexity index is 979. The van der Waals surface area contributed by atoms with Crippen molar-refractivity contribution in [2.45, 2.75) is 42.8 Å². The summed E-state index contributed by atoms with van der Waals surface area (Å²) in [6.07, 6.45) is 4.19. The molecule has 1 saturated heterocycles. The molecule has 1 saturated carbocycles. The predicted octanol–water partition coefficient (Wildman–Crippen LogP) is 2.15. The van der Waals surface area contributed by atoms with Gasteiger partial charge in [0.1, 0.15) is 0 Å². The number of nitrogens with two attached hydrogens (primary N) is 1. The van der Waals surface area contributed by atoms with Crippen LogP contribution < -0.4 is 15.4 Å². The Morgan fingerprint density at radius 3 is 2.64 bits per heavy atom. The Hall–Kier alpha value is -2.30. The third-order valence-electron chi connectivity index (χ3n) is 5.14. The van der Waals surface area contributed by atoms with Crippen LogP contribution in [0.2, 0.25) is 0 Å². The van der Waals surface area contributed by atoms with E-state index in [4.69, 9.17) is 9.88 Å². The molecular weight excluding hydrogens is 385 g/mol. The number of sulfonamides is 1. The van der Waals surface area contributed by atoms with Crippen molar-refractivity contribution in [1.29, 1.82) is 0 Å². The number of nitrogens with one attached hydrogen (secondary N) is 1. The molecular formula is C18H22FN5O3S. The van der Waals surface area contributed by atoms with Gasteiger partial charge in [-0.15, -0.1) is 0 Å². The third-order valence-corrected chi connectivity index (χ3v) is 6.07. The minimum Gasteiger partial charge on any atom is -0.368 e. The van der Waals surface area contributed by atoms with Crippen LogP contribution in [0.5, 0.6) is 0 Å². The molecule has 2 fully saturated rings. The number of rotatable bonds is 4. The van der Waals surface area contributed by atoms with Gasteiger partial charge < -0.3 is 15.0 Å². The highest BCUT2D eigenvalue weighted by molar-refractivity contribution is 7.89. The number of ether oxygens (including phenoxy) is 1. The van der Waals surface area contributed by atoms with E-state index < -0.39 is 15.8 Å². The summed E-state index contributed by atoms with van der Waals surface area (Å²) < 4.78 is 43.2. The van der Waals surface area contributed by atoms with Crippen molar-refractivity contribution >= 4 is 27.5 Å². The van der Waals surface area contributed by atoms with E-state index in [1.54, 1.807) is 12.1 Å². The molecule has 0 radical (unpaired) electrons. The Morgan fingerprint density at radius 1 is 1.32 bits per heavy atom. The van der Waals surface area contributed by atoms with Crippen molar-refractivity contribution in [1.82, 2.24) is 9.97 Å². The van der Waals surface area contributed by atoms with Crippen LogP contribution in [-0.4, -0.2) is 43.2 Å². The van der Waals surface area contributed by atoms with E-state index in [2.05, 4.69) is 15.3 Å². The molecule has 1 aliphatic heterocycles. The molecule has 10 heteroatoms. The van der Waals surface area contributed by atoms with Gasteiger partial charge in [0, 0.05) is 18.8 Å². The smallest absolute Gasteiger partial charge is 0.238 e. The molecule has 1 atom stereocenters. The quantitative estimate of drug-likeness (QED) is 0.799. The summed E-state index contributed by atoms with van der Waals surface area (Å²) >= 11 is 0. The Kier molecular flexibility index (Phi) is 4.72. The van der Waals surface area contributed by atoms with Crippen LogP contribution in [0.25, 0.3) is 0 Å². The zero-order valence-corrected chi connectivity index (χ0v) is 16.2. The number of halogens is 1. The van der Waals surface area contributed by atoms with Crippen molar-refractivity contribution < 1.29 is 17.5 Å². The van der Waals surface area contributed by atoms with E-state index in [0.717, 1.165) is 25.5 Å². The topological polar surface area (TPSA) is 110 Å². The largest absolute Gasteiger partial charge is 0.368 e. The molecule has 150 valence electrons. The molecule has 4 rings (SSSR count). The number of aromatic nitrogens is 2. The summed E-state index contributed by atoms with van der Waals surface area (Å²) in [5.41, 5.74) is 0.363. The van der Waals surface area contributed by atoms with E-state index in [9.17, 15) is 12.8 Å². The number of anilines is 3. The van der Waals surface area contributed by atoms with Gasteiger partial charge in [-0.3, -0.25) is 0 Å². The van der Waals surface area contributed by atoms with Crippen molar-refractivity contribution in [3.05, 3.63) is 36.3 Å². The lowest BCUT2D eigenvalue weighted by atomic mass is 9.78. The number of nitrogens with zero attached hydrogens (tertiary/aromatic N) is 3. The van der Waals surface area contributed by atoms with E-state index in [-0.39, 0.29) is 28.4 Å². The molecule has 28 heavy (non-hydrogen) atoms. The van der Waals surface area contributed by atoms with E-state index in [1.165, 1.54) is 12.1 Å². The highest BCUT2D eigenvalue weighted by atomic mass is 32.2. The lowest BCUT2D eigenvalue weighted by Crippen LogP contribution is -2.58. The van der Waals surface area contributed by atoms with Crippen LogP contribution >= 0.6 is 0 Å². The van der Waals surface area contributed by atoms with Crippen LogP contribution in [0.3, 0.4) is 0 Å². The Balaban J connectivity index is 1.55. The fraction of sp³-hybridized carbons (Fsp3) is 0.444. The maximum absolute atomic E-state index is 14.5. The summed E-state index contributed by atoms with van der Waals surface area (Å²) in [5, 5.41) is 8.06. The van der Waals surface area contributed by atoms with Gasteiger partial charge >= 0.3 is 0 Å². The lowest BCUT2D eigenvalue weighted by Gasteiger charge is -2.51. The van der Waals surface area contributed by atoms with Crippen molar-refractivity contribution in [2.75, 3.05) is 23.3 Å². The molecule has 0 amide bonds. The molecule has 1 spiro atoms. The van der Waals surface area contributed by atoms with Crippen LogP contribution in [0.15, 0.2) is 35.4 Å². The maximum atomic E-state index is 14.5. The number of hydrogen-bond donors (Lipinski definition) is 2. The second-order valence-corrected chi connectivity index (χ2v) is 8.97. The first-order chi connectivity index (χ1) is 13.2. The van der Waals surface area contributed by atoms with Crippen LogP contribution in [0.1, 0.15) is 26.2 Å². The number of morpholine rings is 1. The first kappa shape index (κ1) is 19.0. The number of primary sulfonamides is 1. The lowest BCUT2D eigenvalue weighted by molar-refractivity contribution is -0.142. The van der Waals surface area contributed by atoms with Gasteiger partial charge in [0.15, 0.2) is 11.6 Å². The van der Waals surface area contributed by atoms with Gasteiger partial charge in [-0.1, -0.05) is 0 Å². The zero-order chi connectivity index (χ0) is 19.9. The van der Waals surface area contributed by atoms with E-state index >= 15 is 0 Å². The number of hydrogen-bond acceptors (Lipinski definition) is 7. The van der Waals surface area contributed by atoms with E-state index in [1.807, 2.05) is 11.8 Å². The average Bonchev–Trinajstić information content (AvgIpc) is 2.61.